The van der Waals surface area contributed by atoms with Crippen molar-refractivity contribution in [2.45, 2.75) is 26.4 Å². The molecule has 0 aliphatic carbocycles. The molecule has 0 saturated heterocycles. The normalized spacial score (nSPS) is 10.8. The van der Waals surface area contributed by atoms with Gasteiger partial charge in [0, 0.05) is 5.69 Å². The molecule has 0 radical (unpaired) electrons. The molecule has 2 nitrogen and oxygen atoms in total. The first-order chi connectivity index (χ1) is 6.47. The molecular formula is C12H17NO. The first kappa shape index (κ1) is 10.6. The van der Waals surface area contributed by atoms with E-state index in [2.05, 4.69) is 11.9 Å². The fourth-order valence-electron chi connectivity index (χ4n) is 1.08. The van der Waals surface area contributed by atoms with Gasteiger partial charge in [0.25, 0.3) is 0 Å². The maximum atomic E-state index is 5.54. The molecule has 0 amide bonds. The van der Waals surface area contributed by atoms with Crippen molar-refractivity contribution in [2.24, 2.45) is 0 Å². The lowest BCUT2D eigenvalue weighted by atomic mass is 10.2. The first-order valence-corrected chi connectivity index (χ1v) is 4.67. The van der Waals surface area contributed by atoms with Gasteiger partial charge in [-0.05, 0) is 39.5 Å². The molecule has 0 aliphatic rings. The predicted octanol–water partition coefficient (Wildman–Crippen LogP) is 3.38. The van der Waals surface area contributed by atoms with Gasteiger partial charge >= 0.3 is 0 Å². The molecule has 0 bridgehead atoms. The number of para-hydroxylation sites is 1. The summed E-state index contributed by atoms with van der Waals surface area (Å²) in [5.41, 5.74) is 0.778. The van der Waals surface area contributed by atoms with E-state index in [-0.39, 0.29) is 5.60 Å². The average Bonchev–Trinajstić information content (AvgIpc) is 2.02. The van der Waals surface area contributed by atoms with Crippen LogP contribution in [0.25, 0.3) is 0 Å². The molecule has 2 heteroatoms. The van der Waals surface area contributed by atoms with Crippen LogP contribution in [-0.2, 0) is 4.74 Å². The van der Waals surface area contributed by atoms with Gasteiger partial charge in [-0.25, -0.2) is 0 Å². The van der Waals surface area contributed by atoms with Gasteiger partial charge in [0.2, 0.25) is 0 Å². The Morgan fingerprint density at radius 2 is 1.79 bits per heavy atom. The van der Waals surface area contributed by atoms with Crippen LogP contribution in [0.3, 0.4) is 0 Å². The second-order valence-electron chi connectivity index (χ2n) is 4.13. The van der Waals surface area contributed by atoms with Crippen LogP contribution in [0, 0.1) is 0 Å². The molecule has 0 saturated carbocycles. The maximum absolute atomic E-state index is 5.54. The number of hydrogen-bond donors (Lipinski definition) is 1. The van der Waals surface area contributed by atoms with E-state index in [0.717, 1.165) is 5.69 Å². The molecule has 0 unspecified atom stereocenters. The summed E-state index contributed by atoms with van der Waals surface area (Å²) < 4.78 is 5.54. The van der Waals surface area contributed by atoms with Crippen LogP contribution in [0.15, 0.2) is 42.8 Å². The largest absolute Gasteiger partial charge is 0.474 e. The third-order valence-corrected chi connectivity index (χ3v) is 1.49. The Kier molecular flexibility index (Phi) is 3.18. The van der Waals surface area contributed by atoms with Gasteiger partial charge < -0.3 is 10.1 Å². The summed E-state index contributed by atoms with van der Waals surface area (Å²) in [6, 6.07) is 9.84. The molecule has 0 fully saturated rings. The van der Waals surface area contributed by atoms with E-state index < -0.39 is 0 Å². The minimum Gasteiger partial charge on any atom is -0.474 e. The summed E-state index contributed by atoms with van der Waals surface area (Å²) in [6.45, 7) is 9.77. The Labute approximate surface area is 85.6 Å². The molecule has 76 valence electrons. The molecule has 0 aromatic heterocycles. The van der Waals surface area contributed by atoms with Crippen molar-refractivity contribution in [3.05, 3.63) is 42.8 Å². The third kappa shape index (κ3) is 3.99. The van der Waals surface area contributed by atoms with Gasteiger partial charge in [0.15, 0.2) is 5.88 Å². The van der Waals surface area contributed by atoms with E-state index in [1.165, 1.54) is 0 Å². The summed E-state index contributed by atoms with van der Waals surface area (Å²) >= 11 is 0. The SMILES string of the molecule is C=C(Nc1ccccc1)OC(C)(C)C. The lowest BCUT2D eigenvalue weighted by Crippen LogP contribution is -2.21. The van der Waals surface area contributed by atoms with Gasteiger partial charge in [-0.1, -0.05) is 18.2 Å². The summed E-state index contributed by atoms with van der Waals surface area (Å²) in [6.07, 6.45) is 0. The van der Waals surface area contributed by atoms with Crippen LogP contribution in [0.1, 0.15) is 20.8 Å². The van der Waals surface area contributed by atoms with Gasteiger partial charge in [0.1, 0.15) is 5.60 Å². The highest BCUT2D eigenvalue weighted by Crippen LogP contribution is 2.15. The summed E-state index contributed by atoms with van der Waals surface area (Å²) in [4.78, 5) is 0. The van der Waals surface area contributed by atoms with E-state index in [1.54, 1.807) is 0 Å². The Bertz CT molecular complexity index is 298. The molecule has 1 N–H and O–H groups in total. The Hall–Kier alpha value is -1.44. The zero-order valence-corrected chi connectivity index (χ0v) is 9.00. The van der Waals surface area contributed by atoms with Crippen LogP contribution in [-0.4, -0.2) is 5.60 Å². The Morgan fingerprint density at radius 1 is 1.21 bits per heavy atom. The third-order valence-electron chi connectivity index (χ3n) is 1.49. The molecule has 1 rings (SSSR count). The van der Waals surface area contributed by atoms with Crippen LogP contribution in [0.4, 0.5) is 5.69 Å². The molecule has 0 atom stereocenters. The van der Waals surface area contributed by atoms with Crippen molar-refractivity contribution in [1.29, 1.82) is 0 Å². The van der Waals surface area contributed by atoms with Gasteiger partial charge in [0.05, 0.1) is 0 Å². The number of ether oxygens (including phenoxy) is 1. The van der Waals surface area contributed by atoms with E-state index in [1.807, 2.05) is 51.1 Å². The number of rotatable bonds is 3. The van der Waals surface area contributed by atoms with Crippen LogP contribution >= 0.6 is 0 Å². The highest BCUT2D eigenvalue weighted by Gasteiger charge is 2.11. The van der Waals surface area contributed by atoms with E-state index >= 15 is 0 Å². The number of anilines is 1. The van der Waals surface area contributed by atoms with Gasteiger partial charge in [-0.15, -0.1) is 0 Å². The highest BCUT2D eigenvalue weighted by atomic mass is 16.5. The molecule has 1 aromatic carbocycles. The van der Waals surface area contributed by atoms with Gasteiger partial charge in [-0.3, -0.25) is 0 Å². The molecule has 0 aliphatic heterocycles. The van der Waals surface area contributed by atoms with Crippen molar-refractivity contribution in [3.63, 3.8) is 0 Å². The van der Waals surface area contributed by atoms with E-state index in [0.29, 0.717) is 5.88 Å². The van der Waals surface area contributed by atoms with Gasteiger partial charge in [-0.2, -0.15) is 0 Å². The maximum Gasteiger partial charge on any atom is 0.184 e. The van der Waals surface area contributed by atoms with Crippen molar-refractivity contribution >= 4 is 5.69 Å². The second-order valence-corrected chi connectivity index (χ2v) is 4.13. The summed E-state index contributed by atoms with van der Waals surface area (Å²) in [7, 11) is 0. The zero-order chi connectivity index (χ0) is 10.6. The standard InChI is InChI=1S/C12H17NO/c1-10(14-12(2,3)4)13-11-8-6-5-7-9-11/h5-9,13H,1H2,2-4H3. The molecule has 1 aromatic rings. The second kappa shape index (κ2) is 4.18. The minimum atomic E-state index is -0.209. The topological polar surface area (TPSA) is 21.3 Å². The molecule has 14 heavy (non-hydrogen) atoms. The number of benzene rings is 1. The van der Waals surface area contributed by atoms with Crippen molar-refractivity contribution < 1.29 is 4.74 Å². The molecule has 0 spiro atoms. The van der Waals surface area contributed by atoms with Crippen molar-refractivity contribution in [1.82, 2.24) is 0 Å². The zero-order valence-electron chi connectivity index (χ0n) is 9.00. The monoisotopic (exact) mass is 191 g/mol. The molecule has 0 heterocycles. The predicted molar refractivity (Wildman–Crippen MR) is 60.0 cm³/mol. The smallest absolute Gasteiger partial charge is 0.184 e. The number of hydrogen-bond acceptors (Lipinski definition) is 2. The van der Waals surface area contributed by atoms with Crippen LogP contribution in [0.5, 0.6) is 0 Å². The fraction of sp³-hybridized carbons (Fsp3) is 0.333. The lowest BCUT2D eigenvalue weighted by molar-refractivity contribution is 0.0565. The van der Waals surface area contributed by atoms with Crippen LogP contribution in [0.2, 0.25) is 0 Å². The summed E-state index contributed by atoms with van der Waals surface area (Å²) in [5.74, 6) is 0.573. The fourth-order valence-corrected chi connectivity index (χ4v) is 1.08. The molecular weight excluding hydrogens is 174 g/mol. The van der Waals surface area contributed by atoms with Crippen molar-refractivity contribution in [3.8, 4) is 0 Å². The van der Waals surface area contributed by atoms with E-state index in [4.69, 9.17) is 4.74 Å². The Morgan fingerprint density at radius 3 is 2.29 bits per heavy atom. The number of nitrogens with one attached hydrogen (secondary N) is 1. The average molecular weight is 191 g/mol. The highest BCUT2D eigenvalue weighted by molar-refractivity contribution is 5.46. The Balaban J connectivity index is 2.50. The first-order valence-electron chi connectivity index (χ1n) is 4.67. The minimum absolute atomic E-state index is 0.209. The van der Waals surface area contributed by atoms with Crippen molar-refractivity contribution in [2.75, 3.05) is 5.32 Å². The lowest BCUT2D eigenvalue weighted by Gasteiger charge is -2.23. The quantitative estimate of drug-likeness (QED) is 0.739. The summed E-state index contributed by atoms with van der Waals surface area (Å²) in [5, 5.41) is 3.08. The van der Waals surface area contributed by atoms with E-state index in [9.17, 15) is 0 Å². The van der Waals surface area contributed by atoms with Crippen LogP contribution < -0.4 is 5.32 Å².